The predicted octanol–water partition coefficient (Wildman–Crippen LogP) is 5.98. The SMILES string of the molecule is O=C(C1CCCC1)N(Cc1ccc(F)cc1F)CC1CC(c2ccc(Cl)c(Cl)c2)=NO1. The summed E-state index contributed by atoms with van der Waals surface area (Å²) in [5.74, 6) is -1.40. The van der Waals surface area contributed by atoms with Gasteiger partial charge in [-0.1, -0.05) is 53.3 Å². The zero-order valence-corrected chi connectivity index (χ0v) is 18.3. The smallest absolute Gasteiger partial charge is 0.226 e. The number of rotatable bonds is 6. The van der Waals surface area contributed by atoms with Crippen LogP contribution < -0.4 is 0 Å². The Morgan fingerprint density at radius 2 is 1.87 bits per heavy atom. The lowest BCUT2D eigenvalue weighted by molar-refractivity contribution is -0.137. The molecule has 1 aliphatic carbocycles. The highest BCUT2D eigenvalue weighted by atomic mass is 35.5. The Bertz CT molecular complexity index is 1010. The van der Waals surface area contributed by atoms with E-state index >= 15 is 0 Å². The van der Waals surface area contributed by atoms with Crippen molar-refractivity contribution in [3.8, 4) is 0 Å². The van der Waals surface area contributed by atoms with Crippen molar-refractivity contribution in [1.82, 2.24) is 4.90 Å². The predicted molar refractivity (Wildman–Crippen MR) is 116 cm³/mol. The molecule has 1 amide bonds. The van der Waals surface area contributed by atoms with E-state index in [9.17, 15) is 13.6 Å². The molecule has 1 heterocycles. The Morgan fingerprint density at radius 1 is 1.10 bits per heavy atom. The Labute approximate surface area is 189 Å². The summed E-state index contributed by atoms with van der Waals surface area (Å²) in [4.78, 5) is 20.4. The van der Waals surface area contributed by atoms with Crippen molar-refractivity contribution >= 4 is 34.8 Å². The Balaban J connectivity index is 1.48. The van der Waals surface area contributed by atoms with Gasteiger partial charge in [0, 0.05) is 36.1 Å². The van der Waals surface area contributed by atoms with Gasteiger partial charge in [-0.25, -0.2) is 8.78 Å². The molecule has 1 saturated carbocycles. The number of carbonyl (C=O) groups excluding carboxylic acids is 1. The molecule has 2 aromatic carbocycles. The molecule has 31 heavy (non-hydrogen) atoms. The zero-order chi connectivity index (χ0) is 22.0. The van der Waals surface area contributed by atoms with Gasteiger partial charge in [0.15, 0.2) is 6.10 Å². The Morgan fingerprint density at radius 3 is 2.58 bits per heavy atom. The first-order valence-corrected chi connectivity index (χ1v) is 11.1. The average Bonchev–Trinajstić information content (AvgIpc) is 3.43. The van der Waals surface area contributed by atoms with Gasteiger partial charge >= 0.3 is 0 Å². The van der Waals surface area contributed by atoms with E-state index in [0.717, 1.165) is 37.3 Å². The van der Waals surface area contributed by atoms with Crippen molar-refractivity contribution in [2.75, 3.05) is 6.54 Å². The van der Waals surface area contributed by atoms with Crippen LogP contribution in [0.15, 0.2) is 41.6 Å². The fourth-order valence-corrected chi connectivity index (χ4v) is 4.44. The van der Waals surface area contributed by atoms with Crippen molar-refractivity contribution in [2.45, 2.75) is 44.8 Å². The summed E-state index contributed by atoms with van der Waals surface area (Å²) >= 11 is 12.1. The molecule has 1 atom stereocenters. The topological polar surface area (TPSA) is 41.9 Å². The number of hydrogen-bond donors (Lipinski definition) is 0. The van der Waals surface area contributed by atoms with Crippen LogP contribution in [0.25, 0.3) is 0 Å². The van der Waals surface area contributed by atoms with Crippen molar-refractivity contribution in [3.63, 3.8) is 0 Å². The van der Waals surface area contributed by atoms with Gasteiger partial charge in [-0.3, -0.25) is 4.79 Å². The summed E-state index contributed by atoms with van der Waals surface area (Å²) in [5, 5.41) is 5.04. The van der Waals surface area contributed by atoms with Gasteiger partial charge in [-0.05, 0) is 31.0 Å². The van der Waals surface area contributed by atoms with Crippen LogP contribution in [0.2, 0.25) is 10.0 Å². The quantitative estimate of drug-likeness (QED) is 0.524. The summed E-state index contributed by atoms with van der Waals surface area (Å²) in [6, 6.07) is 8.66. The number of hydrogen-bond acceptors (Lipinski definition) is 3. The van der Waals surface area contributed by atoms with Crippen molar-refractivity contribution in [3.05, 3.63) is 69.2 Å². The number of carbonyl (C=O) groups is 1. The van der Waals surface area contributed by atoms with Gasteiger partial charge in [0.25, 0.3) is 0 Å². The molecule has 0 radical (unpaired) electrons. The normalized spacial score (nSPS) is 18.7. The van der Waals surface area contributed by atoms with E-state index in [2.05, 4.69) is 5.16 Å². The fourth-order valence-electron chi connectivity index (χ4n) is 4.14. The molecular formula is C23H22Cl2F2N2O2. The molecule has 0 saturated heterocycles. The van der Waals surface area contributed by atoms with Crippen LogP contribution in [0.5, 0.6) is 0 Å². The van der Waals surface area contributed by atoms with E-state index in [0.29, 0.717) is 22.2 Å². The molecule has 1 unspecified atom stereocenters. The molecule has 1 aliphatic heterocycles. The monoisotopic (exact) mass is 466 g/mol. The Kier molecular flexibility index (Phi) is 6.77. The maximum atomic E-state index is 14.3. The van der Waals surface area contributed by atoms with E-state index in [-0.39, 0.29) is 36.6 Å². The van der Waals surface area contributed by atoms with Crippen LogP contribution in [0.4, 0.5) is 8.78 Å². The van der Waals surface area contributed by atoms with Crippen LogP contribution >= 0.6 is 23.2 Å². The highest BCUT2D eigenvalue weighted by Crippen LogP contribution is 2.29. The van der Waals surface area contributed by atoms with Crippen molar-refractivity contribution in [2.24, 2.45) is 11.1 Å². The first kappa shape index (κ1) is 22.0. The van der Waals surface area contributed by atoms with E-state index in [1.807, 2.05) is 6.07 Å². The molecule has 0 N–H and O–H groups in total. The molecule has 4 nitrogen and oxygen atoms in total. The third-order valence-electron chi connectivity index (χ3n) is 5.80. The number of oxime groups is 1. The van der Waals surface area contributed by atoms with Gasteiger partial charge in [0.05, 0.1) is 22.3 Å². The highest BCUT2D eigenvalue weighted by molar-refractivity contribution is 6.42. The van der Waals surface area contributed by atoms with E-state index < -0.39 is 11.6 Å². The maximum absolute atomic E-state index is 14.3. The largest absolute Gasteiger partial charge is 0.390 e. The summed E-state index contributed by atoms with van der Waals surface area (Å²) in [5.41, 5.74) is 1.79. The van der Waals surface area contributed by atoms with Crippen LogP contribution in [0, 0.1) is 17.6 Å². The number of benzene rings is 2. The van der Waals surface area contributed by atoms with Crippen LogP contribution in [0.3, 0.4) is 0 Å². The molecular weight excluding hydrogens is 445 g/mol. The molecule has 0 aromatic heterocycles. The molecule has 8 heteroatoms. The second-order valence-electron chi connectivity index (χ2n) is 8.03. The second kappa shape index (κ2) is 9.53. The number of amides is 1. The third kappa shape index (κ3) is 5.18. The van der Waals surface area contributed by atoms with Gasteiger partial charge < -0.3 is 9.74 Å². The van der Waals surface area contributed by atoms with Gasteiger partial charge in [0.1, 0.15) is 11.6 Å². The van der Waals surface area contributed by atoms with Crippen LogP contribution in [-0.2, 0) is 16.2 Å². The molecule has 1 fully saturated rings. The summed E-state index contributed by atoms with van der Waals surface area (Å²) < 4.78 is 27.6. The Hall–Kier alpha value is -2.18. The van der Waals surface area contributed by atoms with Crippen molar-refractivity contribution < 1.29 is 18.4 Å². The molecule has 2 aliphatic rings. The molecule has 4 rings (SSSR count). The lowest BCUT2D eigenvalue weighted by atomic mass is 10.0. The molecule has 164 valence electrons. The van der Waals surface area contributed by atoms with E-state index in [1.165, 1.54) is 12.1 Å². The highest BCUT2D eigenvalue weighted by Gasteiger charge is 2.32. The average molecular weight is 467 g/mol. The zero-order valence-electron chi connectivity index (χ0n) is 16.8. The lowest BCUT2D eigenvalue weighted by Crippen LogP contribution is -2.40. The summed E-state index contributed by atoms with van der Waals surface area (Å²) in [6.07, 6.45) is 3.81. The van der Waals surface area contributed by atoms with E-state index in [1.54, 1.807) is 17.0 Å². The number of halogens is 4. The van der Waals surface area contributed by atoms with Crippen LogP contribution in [0.1, 0.15) is 43.2 Å². The fraction of sp³-hybridized carbons (Fsp3) is 0.391. The number of nitrogens with zero attached hydrogens (tertiary/aromatic N) is 2. The van der Waals surface area contributed by atoms with Gasteiger partial charge in [0.2, 0.25) is 5.91 Å². The van der Waals surface area contributed by atoms with Gasteiger partial charge in [-0.15, -0.1) is 0 Å². The second-order valence-corrected chi connectivity index (χ2v) is 8.85. The van der Waals surface area contributed by atoms with Gasteiger partial charge in [-0.2, -0.15) is 0 Å². The summed E-state index contributed by atoms with van der Waals surface area (Å²) in [7, 11) is 0. The van der Waals surface area contributed by atoms with E-state index in [4.69, 9.17) is 28.0 Å². The molecule has 0 bridgehead atoms. The minimum atomic E-state index is -0.663. The molecule has 0 spiro atoms. The summed E-state index contributed by atoms with van der Waals surface area (Å²) in [6.45, 7) is 0.323. The minimum Gasteiger partial charge on any atom is -0.390 e. The third-order valence-corrected chi connectivity index (χ3v) is 6.54. The standard InChI is InChI=1S/C23H22Cl2F2N2O2/c24-19-8-6-15(9-20(19)25)22-11-18(31-28-22)13-29(23(30)14-3-1-2-4-14)12-16-5-7-17(26)10-21(16)27/h5-10,14,18H,1-4,11-13H2. The van der Waals surface area contributed by atoms with Crippen LogP contribution in [-0.4, -0.2) is 29.2 Å². The maximum Gasteiger partial charge on any atom is 0.226 e. The lowest BCUT2D eigenvalue weighted by Gasteiger charge is -2.27. The van der Waals surface area contributed by atoms with Crippen molar-refractivity contribution in [1.29, 1.82) is 0 Å². The molecule has 2 aromatic rings. The first-order valence-electron chi connectivity index (χ1n) is 10.3. The minimum absolute atomic E-state index is 0.0205. The first-order chi connectivity index (χ1) is 14.9.